The second-order valence-corrected chi connectivity index (χ2v) is 23.8. The number of hydrogen-bond donors (Lipinski definition) is 0. The van der Waals surface area contributed by atoms with Crippen molar-refractivity contribution in [3.8, 4) is 11.1 Å². The van der Waals surface area contributed by atoms with Crippen molar-refractivity contribution >= 4 is 68.6 Å². The maximum absolute atomic E-state index is 4.51. The van der Waals surface area contributed by atoms with E-state index in [0.717, 1.165) is 6.42 Å². The van der Waals surface area contributed by atoms with E-state index in [2.05, 4.69) is 230 Å². The minimum atomic E-state index is -0.104. The van der Waals surface area contributed by atoms with Crippen LogP contribution in [-0.4, -0.2) is 17.2 Å². The summed E-state index contributed by atoms with van der Waals surface area (Å²) in [6.45, 7) is 28.3. The van der Waals surface area contributed by atoms with Crippen molar-refractivity contribution in [2.24, 2.45) is 0 Å². The van der Waals surface area contributed by atoms with Crippen molar-refractivity contribution in [2.75, 3.05) is 14.7 Å². The predicted octanol–water partition coefficient (Wildman–Crippen LogP) is 14.8. The molecule has 0 N–H and O–H groups in total. The van der Waals surface area contributed by atoms with Crippen LogP contribution >= 0.6 is 0 Å². The molecule has 5 heteroatoms. The van der Waals surface area contributed by atoms with E-state index in [-0.39, 0.29) is 33.9 Å². The van der Waals surface area contributed by atoms with Gasteiger partial charge in [0.15, 0.2) is 0 Å². The largest absolute Gasteiger partial charge is 0.334 e. The molecule has 1 saturated carbocycles. The van der Waals surface area contributed by atoms with Gasteiger partial charge in [-0.3, -0.25) is 4.98 Å². The topological polar surface area (TPSA) is 22.6 Å². The Kier molecular flexibility index (Phi) is 9.72. The first-order valence-corrected chi connectivity index (χ1v) is 24.9. The Hall–Kier alpha value is -6.07. The van der Waals surface area contributed by atoms with Crippen LogP contribution in [0.15, 0.2) is 140 Å². The third-order valence-electron chi connectivity index (χ3n) is 16.4. The van der Waals surface area contributed by atoms with Crippen LogP contribution in [-0.2, 0) is 21.7 Å². The van der Waals surface area contributed by atoms with Gasteiger partial charge in [-0.05, 0) is 171 Å². The lowest BCUT2D eigenvalue weighted by Gasteiger charge is -2.50. The average Bonchev–Trinajstić information content (AvgIpc) is 3.50. The van der Waals surface area contributed by atoms with E-state index in [1.807, 2.05) is 12.4 Å². The van der Waals surface area contributed by atoms with Crippen molar-refractivity contribution in [3.63, 3.8) is 0 Å². The lowest BCUT2D eigenvalue weighted by atomic mass is 9.33. The van der Waals surface area contributed by atoms with Gasteiger partial charge >= 0.3 is 0 Å². The number of benzene rings is 6. The van der Waals surface area contributed by atoms with Crippen LogP contribution in [0, 0.1) is 6.92 Å². The molecule has 4 aliphatic rings. The first-order chi connectivity index (χ1) is 31.8. The Bertz CT molecular complexity index is 3080. The van der Waals surface area contributed by atoms with Crippen molar-refractivity contribution in [2.45, 2.75) is 136 Å². The summed E-state index contributed by atoms with van der Waals surface area (Å²) in [6, 6.07) is 50.0. The van der Waals surface area contributed by atoms with E-state index in [0.29, 0.717) is 0 Å². The molecule has 2 unspecified atom stereocenters. The Morgan fingerprint density at radius 3 is 1.67 bits per heavy atom. The number of hydrogen-bond acceptors (Lipinski definition) is 4. The summed E-state index contributed by atoms with van der Waals surface area (Å²) in [5.41, 5.74) is 23.2. The molecule has 0 spiro atoms. The van der Waals surface area contributed by atoms with Gasteiger partial charge in [0.2, 0.25) is 0 Å². The molecule has 67 heavy (non-hydrogen) atoms. The maximum atomic E-state index is 4.51. The fourth-order valence-electron chi connectivity index (χ4n) is 12.4. The molecule has 1 aliphatic carbocycles. The third kappa shape index (κ3) is 6.73. The Morgan fingerprint density at radius 1 is 0.507 bits per heavy atom. The molecule has 0 radical (unpaired) electrons. The van der Waals surface area contributed by atoms with Crippen molar-refractivity contribution in [1.29, 1.82) is 0 Å². The highest BCUT2D eigenvalue weighted by molar-refractivity contribution is 7.00. The normalized spacial score (nSPS) is 19.7. The van der Waals surface area contributed by atoms with E-state index in [1.54, 1.807) is 0 Å². The molecule has 2 atom stereocenters. The maximum Gasteiger partial charge on any atom is 0.252 e. The molecular weight excluding hydrogens is 812 g/mol. The van der Waals surface area contributed by atoms with Gasteiger partial charge in [0.1, 0.15) is 0 Å². The summed E-state index contributed by atoms with van der Waals surface area (Å²) >= 11 is 0. The van der Waals surface area contributed by atoms with E-state index in [9.17, 15) is 0 Å². The summed E-state index contributed by atoms with van der Waals surface area (Å²) in [6.07, 6.45) is 8.65. The second-order valence-electron chi connectivity index (χ2n) is 23.8. The van der Waals surface area contributed by atoms with E-state index < -0.39 is 0 Å². The smallest absolute Gasteiger partial charge is 0.252 e. The van der Waals surface area contributed by atoms with Gasteiger partial charge in [-0.2, -0.15) is 0 Å². The summed E-state index contributed by atoms with van der Waals surface area (Å²) in [7, 11) is 0. The standard InChI is InChI=1S/C62H67BN4/c1-40-34-55-57-56(35-40)66(47-25-20-44(21-26-47)59(5,6)7)54-38-48(67-52-29-17-41(42-16-15-33-64-39-42)36-49(52)61(11)31-13-14-32-62(61,67)12)27-28-50(54)63(57)51-37-45(60(8,9)10)22-30-53(51)65(55)46-23-18-43(19-24-46)58(2,3)4/h15-30,33-39H,13-14,31-32H2,1-12H3. The summed E-state index contributed by atoms with van der Waals surface area (Å²) in [5, 5.41) is 0. The zero-order valence-corrected chi connectivity index (χ0v) is 42.0. The van der Waals surface area contributed by atoms with Crippen molar-refractivity contribution < 1.29 is 0 Å². The zero-order chi connectivity index (χ0) is 47.0. The highest BCUT2D eigenvalue weighted by atomic mass is 15.3. The van der Waals surface area contributed by atoms with Gasteiger partial charge in [0.05, 0.1) is 5.54 Å². The number of aromatic nitrogens is 1. The highest BCUT2D eigenvalue weighted by Crippen LogP contribution is 2.61. The summed E-state index contributed by atoms with van der Waals surface area (Å²) < 4.78 is 0. The van der Waals surface area contributed by atoms with Gasteiger partial charge < -0.3 is 14.7 Å². The highest BCUT2D eigenvalue weighted by Gasteiger charge is 2.58. The molecular formula is C62H67BN4. The second kappa shape index (κ2) is 15.0. The summed E-state index contributed by atoms with van der Waals surface area (Å²) in [4.78, 5) is 12.4. The van der Waals surface area contributed by atoms with Crippen LogP contribution in [0.25, 0.3) is 11.1 Å². The first-order valence-electron chi connectivity index (χ1n) is 24.9. The molecule has 4 heterocycles. The summed E-state index contributed by atoms with van der Waals surface area (Å²) in [5.74, 6) is 0. The molecule has 1 aromatic heterocycles. The van der Waals surface area contributed by atoms with Gasteiger partial charge in [0.25, 0.3) is 6.71 Å². The fraction of sp³-hybridized carbons (Fsp3) is 0.339. The molecule has 0 bridgehead atoms. The molecule has 4 nitrogen and oxygen atoms in total. The number of pyridine rings is 1. The number of nitrogens with zero attached hydrogens (tertiary/aromatic N) is 4. The Balaban J connectivity index is 1.17. The van der Waals surface area contributed by atoms with Crippen LogP contribution in [0.3, 0.4) is 0 Å². The predicted molar refractivity (Wildman–Crippen MR) is 287 cm³/mol. The van der Waals surface area contributed by atoms with Crippen LogP contribution in [0.4, 0.5) is 45.5 Å². The van der Waals surface area contributed by atoms with Crippen molar-refractivity contribution in [1.82, 2.24) is 4.98 Å². The fourth-order valence-corrected chi connectivity index (χ4v) is 12.4. The lowest BCUT2D eigenvalue weighted by molar-refractivity contribution is 0.195. The minimum absolute atomic E-state index is 0.0179. The number of fused-ring (bicyclic) bond motifs is 7. The van der Waals surface area contributed by atoms with Crippen LogP contribution < -0.4 is 31.1 Å². The zero-order valence-electron chi connectivity index (χ0n) is 42.0. The molecule has 3 aliphatic heterocycles. The van der Waals surface area contributed by atoms with Gasteiger partial charge in [-0.1, -0.05) is 137 Å². The molecule has 0 amide bonds. The lowest BCUT2D eigenvalue weighted by Crippen LogP contribution is -2.61. The minimum Gasteiger partial charge on any atom is -0.334 e. The molecule has 11 rings (SSSR count). The SMILES string of the molecule is Cc1cc2c3c(c1)N(c1ccc(C(C)(C)C)cc1)c1cc(N4c5ccc(-c6cccnc6)cc5C5(C)CCCCC45C)ccc1B3c1cc(C(C)(C)C)ccc1N2c1ccc(C(C)(C)C)cc1. The van der Waals surface area contributed by atoms with Crippen LogP contribution in [0.5, 0.6) is 0 Å². The molecule has 338 valence electrons. The number of anilines is 8. The number of aryl methyl sites for hydroxylation is 1. The Labute approximate surface area is 401 Å². The van der Waals surface area contributed by atoms with Gasteiger partial charge in [-0.15, -0.1) is 0 Å². The molecule has 7 aromatic rings. The third-order valence-corrected chi connectivity index (χ3v) is 16.4. The molecule has 1 fully saturated rings. The molecule has 6 aromatic carbocycles. The first kappa shape index (κ1) is 43.5. The van der Waals surface area contributed by atoms with Crippen LogP contribution in [0.1, 0.15) is 130 Å². The monoisotopic (exact) mass is 879 g/mol. The quantitative estimate of drug-likeness (QED) is 0.164. The van der Waals surface area contributed by atoms with E-state index >= 15 is 0 Å². The Morgan fingerprint density at radius 2 is 1.07 bits per heavy atom. The van der Waals surface area contributed by atoms with Gasteiger partial charge in [0, 0.05) is 63.3 Å². The van der Waals surface area contributed by atoms with Crippen molar-refractivity contribution in [3.05, 3.63) is 168 Å². The van der Waals surface area contributed by atoms with Gasteiger partial charge in [-0.25, -0.2) is 0 Å². The van der Waals surface area contributed by atoms with E-state index in [1.165, 1.54) is 120 Å². The number of rotatable bonds is 4. The van der Waals surface area contributed by atoms with Crippen LogP contribution in [0.2, 0.25) is 0 Å². The average molecular weight is 879 g/mol. The molecule has 0 saturated heterocycles. The van der Waals surface area contributed by atoms with E-state index in [4.69, 9.17) is 0 Å².